The van der Waals surface area contributed by atoms with Crippen molar-refractivity contribution in [2.45, 2.75) is 6.42 Å². The van der Waals surface area contributed by atoms with Gasteiger partial charge in [-0.25, -0.2) is 4.98 Å². The number of aromatic amines is 1. The van der Waals surface area contributed by atoms with E-state index >= 15 is 0 Å². The minimum atomic E-state index is -0.342. The molecule has 0 saturated carbocycles. The number of carbonyl (C=O) groups excluding carboxylic acids is 1. The Bertz CT molecular complexity index is 984. The van der Waals surface area contributed by atoms with E-state index in [-0.39, 0.29) is 17.3 Å². The quantitative estimate of drug-likeness (QED) is 0.757. The fraction of sp³-hybridized carbons (Fsp3) is 0.250. The molecular weight excluding hydrogens is 328 g/mol. The number of H-pyrrole nitrogens is 1. The van der Waals surface area contributed by atoms with E-state index in [1.54, 1.807) is 24.3 Å². The number of para-hydroxylation sites is 2. The number of nitrogens with zero attached hydrogens (tertiary/aromatic N) is 2. The van der Waals surface area contributed by atoms with Gasteiger partial charge in [-0.2, -0.15) is 0 Å². The lowest BCUT2D eigenvalue weighted by Gasteiger charge is -2.18. The average Bonchev–Trinajstić information content (AvgIpc) is 3.16. The smallest absolute Gasteiger partial charge is 0.287 e. The van der Waals surface area contributed by atoms with Crippen LogP contribution in [-0.4, -0.2) is 35.5 Å². The van der Waals surface area contributed by atoms with Gasteiger partial charge in [0, 0.05) is 25.3 Å². The second-order valence-corrected chi connectivity index (χ2v) is 6.58. The topological polar surface area (TPSA) is 78.1 Å². The van der Waals surface area contributed by atoms with Crippen molar-refractivity contribution in [2.75, 3.05) is 24.5 Å². The average molecular weight is 348 g/mol. The molecule has 1 saturated heterocycles. The van der Waals surface area contributed by atoms with Crippen molar-refractivity contribution in [2.24, 2.45) is 5.92 Å². The molecule has 132 valence electrons. The Balaban J connectivity index is 1.40. The van der Waals surface area contributed by atoms with E-state index in [0.29, 0.717) is 23.4 Å². The normalized spacial score (nSPS) is 16.8. The fourth-order valence-corrected chi connectivity index (χ4v) is 3.39. The van der Waals surface area contributed by atoms with E-state index < -0.39 is 0 Å². The van der Waals surface area contributed by atoms with Crippen molar-refractivity contribution in [1.29, 1.82) is 0 Å². The summed E-state index contributed by atoms with van der Waals surface area (Å²) in [6, 6.07) is 17.3. The highest BCUT2D eigenvalue weighted by Crippen LogP contribution is 2.22. The van der Waals surface area contributed by atoms with Crippen LogP contribution in [0, 0.1) is 5.92 Å². The second kappa shape index (κ2) is 7.00. The predicted octanol–water partition coefficient (Wildman–Crippen LogP) is 2.18. The first-order chi connectivity index (χ1) is 12.7. The molecule has 2 N–H and O–H groups in total. The zero-order chi connectivity index (χ0) is 17.9. The zero-order valence-electron chi connectivity index (χ0n) is 14.3. The molecule has 1 aliphatic heterocycles. The second-order valence-electron chi connectivity index (χ2n) is 6.58. The maximum absolute atomic E-state index is 12.4. The summed E-state index contributed by atoms with van der Waals surface area (Å²) >= 11 is 0. The number of aromatic nitrogens is 2. The predicted molar refractivity (Wildman–Crippen MR) is 101 cm³/mol. The van der Waals surface area contributed by atoms with Crippen LogP contribution in [0.1, 0.15) is 17.0 Å². The van der Waals surface area contributed by atoms with Gasteiger partial charge in [0.05, 0.1) is 10.9 Å². The lowest BCUT2D eigenvalue weighted by atomic mass is 10.1. The van der Waals surface area contributed by atoms with Gasteiger partial charge in [0.15, 0.2) is 5.82 Å². The van der Waals surface area contributed by atoms with E-state index in [4.69, 9.17) is 0 Å². The van der Waals surface area contributed by atoms with Crippen molar-refractivity contribution in [3.63, 3.8) is 0 Å². The van der Waals surface area contributed by atoms with Crippen molar-refractivity contribution in [3.05, 3.63) is 70.8 Å². The molecule has 0 aliphatic carbocycles. The van der Waals surface area contributed by atoms with Crippen LogP contribution in [0.3, 0.4) is 0 Å². The van der Waals surface area contributed by atoms with Gasteiger partial charge in [-0.15, -0.1) is 0 Å². The summed E-state index contributed by atoms with van der Waals surface area (Å²) in [6.45, 7) is 2.46. The largest absolute Gasteiger partial charge is 0.371 e. The Hall–Kier alpha value is -3.15. The molecule has 6 nitrogen and oxygen atoms in total. The highest BCUT2D eigenvalue weighted by molar-refractivity contribution is 5.92. The number of rotatable bonds is 4. The molecular formula is C20H20N4O2. The molecule has 26 heavy (non-hydrogen) atoms. The third-order valence-electron chi connectivity index (χ3n) is 4.79. The van der Waals surface area contributed by atoms with Crippen molar-refractivity contribution in [3.8, 4) is 0 Å². The molecule has 1 atom stereocenters. The van der Waals surface area contributed by atoms with Crippen LogP contribution in [0.15, 0.2) is 59.4 Å². The first-order valence-electron chi connectivity index (χ1n) is 8.78. The number of fused-ring (bicyclic) bond motifs is 1. The number of amides is 1. The Morgan fingerprint density at radius 1 is 1.15 bits per heavy atom. The van der Waals surface area contributed by atoms with E-state index in [0.717, 1.165) is 19.5 Å². The van der Waals surface area contributed by atoms with Crippen molar-refractivity contribution in [1.82, 2.24) is 15.3 Å². The zero-order valence-corrected chi connectivity index (χ0v) is 14.3. The summed E-state index contributed by atoms with van der Waals surface area (Å²) in [5, 5.41) is 3.39. The first-order valence-corrected chi connectivity index (χ1v) is 8.78. The Labute approximate surface area is 150 Å². The molecule has 0 unspecified atom stereocenters. The SMILES string of the molecule is O=C(NC[C@H]1CCN(c2ccccc2)C1)c1nc2ccccc2c(=O)[nH]1. The summed E-state index contributed by atoms with van der Waals surface area (Å²) in [5.74, 6) is 0.101. The highest BCUT2D eigenvalue weighted by Gasteiger charge is 2.23. The third kappa shape index (κ3) is 3.31. The Morgan fingerprint density at radius 3 is 2.77 bits per heavy atom. The number of carbonyl (C=O) groups is 1. The van der Waals surface area contributed by atoms with Gasteiger partial charge in [-0.3, -0.25) is 9.59 Å². The number of nitrogens with one attached hydrogen (secondary N) is 2. The maximum atomic E-state index is 12.4. The van der Waals surface area contributed by atoms with Crippen LogP contribution >= 0.6 is 0 Å². The number of anilines is 1. The van der Waals surface area contributed by atoms with Gasteiger partial charge in [0.1, 0.15) is 0 Å². The molecule has 6 heteroatoms. The van der Waals surface area contributed by atoms with Gasteiger partial charge in [0.2, 0.25) is 0 Å². The van der Waals surface area contributed by atoms with Crippen LogP contribution < -0.4 is 15.8 Å². The molecule has 2 heterocycles. The molecule has 2 aromatic carbocycles. The van der Waals surface area contributed by atoms with Crippen LogP contribution in [0.2, 0.25) is 0 Å². The molecule has 0 radical (unpaired) electrons. The molecule has 3 aromatic rings. The van der Waals surface area contributed by atoms with Gasteiger partial charge in [-0.05, 0) is 36.6 Å². The summed E-state index contributed by atoms with van der Waals surface area (Å²) in [7, 11) is 0. The molecule has 4 rings (SSSR count). The number of hydrogen-bond donors (Lipinski definition) is 2. The summed E-state index contributed by atoms with van der Waals surface area (Å²) in [4.78, 5) is 33.6. The van der Waals surface area contributed by atoms with Gasteiger partial charge < -0.3 is 15.2 Å². The highest BCUT2D eigenvalue weighted by atomic mass is 16.2. The minimum Gasteiger partial charge on any atom is -0.371 e. The van der Waals surface area contributed by atoms with Crippen molar-refractivity contribution >= 4 is 22.5 Å². The summed E-state index contributed by atoms with van der Waals surface area (Å²) in [6.07, 6.45) is 1.02. The van der Waals surface area contributed by atoms with E-state index in [9.17, 15) is 9.59 Å². The van der Waals surface area contributed by atoms with E-state index in [2.05, 4.69) is 32.3 Å². The summed E-state index contributed by atoms with van der Waals surface area (Å²) < 4.78 is 0. The van der Waals surface area contributed by atoms with Crippen LogP contribution in [0.4, 0.5) is 5.69 Å². The van der Waals surface area contributed by atoms with Crippen molar-refractivity contribution < 1.29 is 4.79 Å². The Kier molecular flexibility index (Phi) is 4.39. The van der Waals surface area contributed by atoms with Gasteiger partial charge >= 0.3 is 0 Å². The van der Waals surface area contributed by atoms with Gasteiger partial charge in [0.25, 0.3) is 11.5 Å². The van der Waals surface area contributed by atoms with Crippen LogP contribution in [0.25, 0.3) is 10.9 Å². The molecule has 0 bridgehead atoms. The lowest BCUT2D eigenvalue weighted by molar-refractivity contribution is 0.0938. The number of benzene rings is 2. The molecule has 1 aliphatic rings. The van der Waals surface area contributed by atoms with Crippen LogP contribution in [-0.2, 0) is 0 Å². The molecule has 1 fully saturated rings. The van der Waals surface area contributed by atoms with Crippen LogP contribution in [0.5, 0.6) is 0 Å². The lowest BCUT2D eigenvalue weighted by Crippen LogP contribution is -2.33. The van der Waals surface area contributed by atoms with Gasteiger partial charge in [-0.1, -0.05) is 30.3 Å². The summed E-state index contributed by atoms with van der Waals surface area (Å²) in [5.41, 5.74) is 1.44. The monoisotopic (exact) mass is 348 g/mol. The Morgan fingerprint density at radius 2 is 1.92 bits per heavy atom. The molecule has 1 amide bonds. The first kappa shape index (κ1) is 16.3. The maximum Gasteiger partial charge on any atom is 0.287 e. The number of hydrogen-bond acceptors (Lipinski definition) is 4. The van der Waals surface area contributed by atoms with E-state index in [1.165, 1.54) is 5.69 Å². The minimum absolute atomic E-state index is 0.0617. The van der Waals surface area contributed by atoms with E-state index in [1.807, 2.05) is 18.2 Å². The third-order valence-corrected chi connectivity index (χ3v) is 4.79. The molecule has 1 aromatic heterocycles. The molecule has 0 spiro atoms. The standard InChI is InChI=1S/C20H20N4O2/c25-19-16-8-4-5-9-17(16)22-18(23-19)20(26)21-12-14-10-11-24(13-14)15-6-2-1-3-7-15/h1-9,14H,10-13H2,(H,21,26)(H,22,23,25)/t14-/m1/s1. The fourth-order valence-electron chi connectivity index (χ4n) is 3.39.